The number of alkyl halides is 3. The van der Waals surface area contributed by atoms with Crippen LogP contribution in [0.4, 0.5) is 13.2 Å². The predicted octanol–water partition coefficient (Wildman–Crippen LogP) is 2.89. The minimum Gasteiger partial charge on any atom is -0.355 e. The molecule has 1 fully saturated rings. The lowest BCUT2D eigenvalue weighted by Crippen LogP contribution is -2.44. The van der Waals surface area contributed by atoms with E-state index < -0.39 is 23.9 Å². The Balaban J connectivity index is 0.00000361. The van der Waals surface area contributed by atoms with E-state index in [4.69, 9.17) is 0 Å². The largest absolute Gasteiger partial charge is 0.392 e. The smallest absolute Gasteiger partial charge is 0.355 e. The molecule has 0 aliphatic heterocycles. The zero-order valence-electron chi connectivity index (χ0n) is 11.8. The van der Waals surface area contributed by atoms with Gasteiger partial charge in [0.25, 0.3) is 0 Å². The van der Waals surface area contributed by atoms with Crippen molar-refractivity contribution in [3.8, 4) is 0 Å². The number of hydrogen-bond donors (Lipinski definition) is 2. The first kappa shape index (κ1) is 19.5. The van der Waals surface area contributed by atoms with Gasteiger partial charge in [0.15, 0.2) is 0 Å². The first-order valence-corrected chi connectivity index (χ1v) is 7.02. The highest BCUT2D eigenvalue weighted by atomic mass is 35.5. The molecule has 2 atom stereocenters. The Bertz CT molecular complexity index is 287. The number of rotatable bonds is 6. The number of nitrogens with one attached hydrogen (secondary N) is 2. The lowest BCUT2D eigenvalue weighted by Gasteiger charge is -2.32. The third-order valence-electron chi connectivity index (χ3n) is 3.55. The first-order chi connectivity index (χ1) is 8.96. The maximum absolute atomic E-state index is 12.8. The maximum Gasteiger partial charge on any atom is 0.392 e. The minimum absolute atomic E-state index is 0. The second kappa shape index (κ2) is 9.45. The quantitative estimate of drug-likeness (QED) is 0.740. The molecule has 1 saturated carbocycles. The Kier molecular flexibility index (Phi) is 9.22. The van der Waals surface area contributed by atoms with Crippen LogP contribution in [0.2, 0.25) is 0 Å². The Morgan fingerprint density at radius 3 is 2.40 bits per heavy atom. The summed E-state index contributed by atoms with van der Waals surface area (Å²) in [7, 11) is 0. The molecule has 0 aromatic heterocycles. The summed E-state index contributed by atoms with van der Waals surface area (Å²) in [6, 6.07) is 0. The van der Waals surface area contributed by atoms with Gasteiger partial charge in [0.1, 0.15) is 0 Å². The third-order valence-corrected chi connectivity index (χ3v) is 3.55. The molecule has 1 aliphatic carbocycles. The van der Waals surface area contributed by atoms with E-state index >= 15 is 0 Å². The van der Waals surface area contributed by atoms with Crippen LogP contribution in [-0.2, 0) is 4.79 Å². The molecule has 1 amide bonds. The fourth-order valence-corrected chi connectivity index (χ4v) is 2.54. The van der Waals surface area contributed by atoms with Gasteiger partial charge in [0.05, 0.1) is 5.92 Å². The van der Waals surface area contributed by atoms with Gasteiger partial charge in [-0.05, 0) is 25.8 Å². The van der Waals surface area contributed by atoms with Gasteiger partial charge in [0, 0.05) is 19.0 Å². The maximum atomic E-state index is 12.8. The van der Waals surface area contributed by atoms with E-state index in [9.17, 15) is 18.0 Å². The Morgan fingerprint density at radius 2 is 1.80 bits per heavy atom. The lowest BCUT2D eigenvalue weighted by atomic mass is 9.78. The Morgan fingerprint density at radius 1 is 1.15 bits per heavy atom. The number of hydrogen-bond acceptors (Lipinski definition) is 2. The van der Waals surface area contributed by atoms with Crippen LogP contribution in [0.1, 0.15) is 39.0 Å². The van der Waals surface area contributed by atoms with Gasteiger partial charge >= 0.3 is 6.18 Å². The van der Waals surface area contributed by atoms with E-state index in [2.05, 4.69) is 10.6 Å². The molecule has 0 bridgehead atoms. The van der Waals surface area contributed by atoms with E-state index in [1.807, 2.05) is 6.92 Å². The molecule has 2 N–H and O–H groups in total. The van der Waals surface area contributed by atoms with Crippen LogP contribution in [0.5, 0.6) is 0 Å². The number of carbonyl (C=O) groups excluding carboxylic acids is 1. The van der Waals surface area contributed by atoms with Crippen LogP contribution in [0.25, 0.3) is 0 Å². The van der Waals surface area contributed by atoms with E-state index in [0.29, 0.717) is 32.4 Å². The van der Waals surface area contributed by atoms with Crippen molar-refractivity contribution >= 4 is 18.3 Å². The van der Waals surface area contributed by atoms with Gasteiger partial charge in [-0.25, -0.2) is 0 Å². The first-order valence-electron chi connectivity index (χ1n) is 7.02. The van der Waals surface area contributed by atoms with Crippen molar-refractivity contribution in [1.82, 2.24) is 10.6 Å². The molecule has 2 unspecified atom stereocenters. The summed E-state index contributed by atoms with van der Waals surface area (Å²) in [5.41, 5.74) is 0. The van der Waals surface area contributed by atoms with Crippen molar-refractivity contribution in [2.24, 2.45) is 11.8 Å². The average Bonchev–Trinajstić information content (AvgIpc) is 2.37. The molecule has 0 aromatic rings. The Hall–Kier alpha value is -0.490. The van der Waals surface area contributed by atoms with Crippen molar-refractivity contribution < 1.29 is 18.0 Å². The highest BCUT2D eigenvalue weighted by Gasteiger charge is 2.47. The molecule has 0 aromatic carbocycles. The van der Waals surface area contributed by atoms with E-state index in [-0.39, 0.29) is 18.8 Å². The molecule has 0 saturated heterocycles. The van der Waals surface area contributed by atoms with Crippen LogP contribution in [0, 0.1) is 11.8 Å². The second-order valence-corrected chi connectivity index (χ2v) is 5.08. The van der Waals surface area contributed by atoms with Gasteiger partial charge in [-0.3, -0.25) is 4.79 Å². The van der Waals surface area contributed by atoms with E-state index in [1.165, 1.54) is 0 Å². The monoisotopic (exact) mass is 316 g/mol. The van der Waals surface area contributed by atoms with Crippen molar-refractivity contribution in [2.75, 3.05) is 19.6 Å². The van der Waals surface area contributed by atoms with E-state index in [0.717, 1.165) is 13.0 Å². The Labute approximate surface area is 124 Å². The number of carbonyl (C=O) groups is 1. The van der Waals surface area contributed by atoms with Gasteiger partial charge in [0.2, 0.25) is 5.91 Å². The van der Waals surface area contributed by atoms with Gasteiger partial charge in [-0.1, -0.05) is 19.8 Å². The summed E-state index contributed by atoms with van der Waals surface area (Å²) in [4.78, 5) is 11.8. The predicted molar refractivity (Wildman–Crippen MR) is 74.9 cm³/mol. The van der Waals surface area contributed by atoms with Gasteiger partial charge < -0.3 is 10.6 Å². The standard InChI is InChI=1S/C13H23F3N2O.ClH/c1-2-7-17-8-9-18-12(19)10-5-3-4-6-11(10)13(14,15)16;/h10-11,17H,2-9H2,1H3,(H,18,19);1H. The molecule has 120 valence electrons. The lowest BCUT2D eigenvalue weighted by molar-refractivity contribution is -0.198. The molecule has 7 heteroatoms. The van der Waals surface area contributed by atoms with Crippen molar-refractivity contribution in [3.05, 3.63) is 0 Å². The topological polar surface area (TPSA) is 41.1 Å². The van der Waals surface area contributed by atoms with Gasteiger partial charge in [-0.15, -0.1) is 12.4 Å². The second-order valence-electron chi connectivity index (χ2n) is 5.08. The zero-order chi connectivity index (χ0) is 14.3. The molecule has 0 radical (unpaired) electrons. The number of amides is 1. The summed E-state index contributed by atoms with van der Waals surface area (Å²) in [5, 5.41) is 5.71. The fraction of sp³-hybridized carbons (Fsp3) is 0.923. The van der Waals surface area contributed by atoms with Gasteiger partial charge in [-0.2, -0.15) is 13.2 Å². The summed E-state index contributed by atoms with van der Waals surface area (Å²) in [6.45, 7) is 3.87. The SMILES string of the molecule is CCCNCCNC(=O)C1CCCCC1C(F)(F)F.Cl. The van der Waals surface area contributed by atoms with Crippen molar-refractivity contribution in [3.63, 3.8) is 0 Å². The van der Waals surface area contributed by atoms with Crippen LogP contribution in [0.3, 0.4) is 0 Å². The molecule has 0 heterocycles. The summed E-state index contributed by atoms with van der Waals surface area (Å²) in [5.74, 6) is -2.81. The van der Waals surface area contributed by atoms with Crippen LogP contribution in [-0.4, -0.2) is 31.7 Å². The molecular formula is C13H24ClF3N2O. The molecule has 1 aliphatic rings. The molecular weight excluding hydrogens is 293 g/mol. The average molecular weight is 317 g/mol. The molecule has 1 rings (SSSR count). The highest BCUT2D eigenvalue weighted by Crippen LogP contribution is 2.41. The number of halogens is 4. The molecule has 0 spiro atoms. The minimum atomic E-state index is -4.26. The highest BCUT2D eigenvalue weighted by molar-refractivity contribution is 5.85. The van der Waals surface area contributed by atoms with Crippen molar-refractivity contribution in [2.45, 2.75) is 45.2 Å². The van der Waals surface area contributed by atoms with E-state index in [1.54, 1.807) is 0 Å². The van der Waals surface area contributed by atoms with Crippen LogP contribution >= 0.6 is 12.4 Å². The fourth-order valence-electron chi connectivity index (χ4n) is 2.54. The van der Waals surface area contributed by atoms with Crippen LogP contribution < -0.4 is 10.6 Å². The zero-order valence-corrected chi connectivity index (χ0v) is 12.6. The molecule has 20 heavy (non-hydrogen) atoms. The summed E-state index contributed by atoms with van der Waals surface area (Å²) in [6.07, 6.45) is -1.57. The third kappa shape index (κ3) is 6.31. The summed E-state index contributed by atoms with van der Waals surface area (Å²) < 4.78 is 38.5. The summed E-state index contributed by atoms with van der Waals surface area (Å²) >= 11 is 0. The molecule has 3 nitrogen and oxygen atoms in total. The normalized spacial score (nSPS) is 23.0. The van der Waals surface area contributed by atoms with Crippen LogP contribution in [0.15, 0.2) is 0 Å². The van der Waals surface area contributed by atoms with Crippen molar-refractivity contribution in [1.29, 1.82) is 0 Å².